The number of hydrogen-bond acceptors (Lipinski definition) is 3. The van der Waals surface area contributed by atoms with Crippen molar-refractivity contribution in [3.63, 3.8) is 0 Å². The summed E-state index contributed by atoms with van der Waals surface area (Å²) in [5.41, 5.74) is 0.583. The van der Waals surface area contributed by atoms with Crippen molar-refractivity contribution in [1.29, 1.82) is 0 Å². The van der Waals surface area contributed by atoms with Crippen LogP contribution in [0.15, 0.2) is 22.7 Å². The largest absolute Gasteiger partial charge is 0.496 e. The van der Waals surface area contributed by atoms with E-state index in [-0.39, 0.29) is 5.91 Å². The van der Waals surface area contributed by atoms with Crippen molar-refractivity contribution >= 4 is 21.8 Å². The summed E-state index contributed by atoms with van der Waals surface area (Å²) in [4.78, 5) is 14.6. The fraction of sp³-hybridized carbons (Fsp3) is 0.533. The van der Waals surface area contributed by atoms with Crippen molar-refractivity contribution in [3.8, 4) is 5.75 Å². The Labute approximate surface area is 128 Å². The van der Waals surface area contributed by atoms with Gasteiger partial charge in [-0.15, -0.1) is 0 Å². The molecule has 1 atom stereocenters. The molecular weight excluding hydrogens is 320 g/mol. The van der Waals surface area contributed by atoms with Crippen molar-refractivity contribution in [2.24, 2.45) is 5.92 Å². The lowest BCUT2D eigenvalue weighted by atomic mass is 9.98. The normalized spacial score (nSPS) is 19.6. The number of nitrogens with one attached hydrogen (secondary N) is 1. The minimum atomic E-state index is -0.0671. The van der Waals surface area contributed by atoms with Gasteiger partial charge in [0.1, 0.15) is 5.75 Å². The second-order valence-electron chi connectivity index (χ2n) is 5.33. The van der Waals surface area contributed by atoms with Crippen molar-refractivity contribution in [2.45, 2.75) is 12.8 Å². The van der Waals surface area contributed by atoms with Gasteiger partial charge in [-0.25, -0.2) is 0 Å². The van der Waals surface area contributed by atoms with Crippen LogP contribution in [-0.2, 0) is 0 Å². The van der Waals surface area contributed by atoms with Crippen molar-refractivity contribution in [2.75, 3.05) is 33.8 Å². The summed E-state index contributed by atoms with van der Waals surface area (Å²) in [6, 6.07) is 5.44. The van der Waals surface area contributed by atoms with E-state index >= 15 is 0 Å². The average Bonchev–Trinajstić information content (AvgIpc) is 2.44. The first kappa shape index (κ1) is 15.3. The minimum Gasteiger partial charge on any atom is -0.496 e. The molecule has 20 heavy (non-hydrogen) atoms. The minimum absolute atomic E-state index is 0.0671. The lowest BCUT2D eigenvalue weighted by Crippen LogP contribution is -2.39. The first-order valence-corrected chi connectivity index (χ1v) is 7.69. The number of piperidine rings is 1. The highest BCUT2D eigenvalue weighted by molar-refractivity contribution is 9.10. The van der Waals surface area contributed by atoms with Crippen LogP contribution in [-0.4, -0.2) is 44.6 Å². The average molecular weight is 341 g/mol. The van der Waals surface area contributed by atoms with Crippen molar-refractivity contribution in [1.82, 2.24) is 10.2 Å². The summed E-state index contributed by atoms with van der Waals surface area (Å²) in [5.74, 6) is 1.07. The highest BCUT2D eigenvalue weighted by atomic mass is 79.9. The molecular formula is C15H21BrN2O2. The predicted molar refractivity (Wildman–Crippen MR) is 83.2 cm³/mol. The number of ether oxygens (including phenoxy) is 1. The summed E-state index contributed by atoms with van der Waals surface area (Å²) in [5, 5.41) is 3.02. The Kier molecular flexibility index (Phi) is 5.43. The van der Waals surface area contributed by atoms with Crippen LogP contribution in [0.1, 0.15) is 23.2 Å². The van der Waals surface area contributed by atoms with Gasteiger partial charge in [-0.05, 0) is 50.6 Å². The van der Waals surface area contributed by atoms with Gasteiger partial charge < -0.3 is 15.0 Å². The van der Waals surface area contributed by atoms with E-state index in [1.165, 1.54) is 12.8 Å². The Morgan fingerprint density at radius 2 is 2.35 bits per heavy atom. The molecule has 1 unspecified atom stereocenters. The maximum atomic E-state index is 12.2. The third-order valence-corrected chi connectivity index (χ3v) is 4.17. The van der Waals surface area contributed by atoms with Crippen LogP contribution >= 0.6 is 15.9 Å². The van der Waals surface area contributed by atoms with E-state index in [1.54, 1.807) is 13.2 Å². The monoisotopic (exact) mass is 340 g/mol. The number of carbonyl (C=O) groups is 1. The summed E-state index contributed by atoms with van der Waals surface area (Å²) < 4.78 is 6.16. The lowest BCUT2D eigenvalue weighted by Gasteiger charge is -2.29. The Hall–Kier alpha value is -1.07. The number of hydrogen-bond donors (Lipinski definition) is 1. The van der Waals surface area contributed by atoms with Gasteiger partial charge in [-0.1, -0.05) is 15.9 Å². The van der Waals surface area contributed by atoms with Crippen LogP contribution < -0.4 is 10.1 Å². The highest BCUT2D eigenvalue weighted by Crippen LogP contribution is 2.23. The first-order valence-electron chi connectivity index (χ1n) is 6.90. The molecule has 1 heterocycles. The fourth-order valence-corrected chi connectivity index (χ4v) is 2.96. The molecule has 0 saturated carbocycles. The molecule has 4 nitrogen and oxygen atoms in total. The zero-order valence-corrected chi connectivity index (χ0v) is 13.6. The van der Waals surface area contributed by atoms with E-state index in [1.807, 2.05) is 12.1 Å². The molecule has 1 aliphatic heterocycles. The van der Waals surface area contributed by atoms with Crippen LogP contribution in [0, 0.1) is 5.92 Å². The molecule has 1 amide bonds. The third-order valence-electron chi connectivity index (χ3n) is 3.68. The van der Waals surface area contributed by atoms with E-state index in [0.29, 0.717) is 17.2 Å². The van der Waals surface area contributed by atoms with Gasteiger partial charge in [0.15, 0.2) is 0 Å². The van der Waals surface area contributed by atoms with Crippen molar-refractivity contribution < 1.29 is 9.53 Å². The third kappa shape index (κ3) is 3.96. The zero-order chi connectivity index (χ0) is 14.5. The molecule has 110 valence electrons. The number of halogens is 1. The maximum absolute atomic E-state index is 12.2. The van der Waals surface area contributed by atoms with Crippen LogP contribution in [0.4, 0.5) is 0 Å². The summed E-state index contributed by atoms with van der Waals surface area (Å²) in [7, 11) is 3.71. The van der Waals surface area contributed by atoms with Gasteiger partial charge in [0.25, 0.3) is 5.91 Å². The number of amides is 1. The zero-order valence-electron chi connectivity index (χ0n) is 12.0. The molecule has 0 aromatic heterocycles. The van der Waals surface area contributed by atoms with E-state index in [4.69, 9.17) is 4.74 Å². The van der Waals surface area contributed by atoms with Gasteiger partial charge in [0.2, 0.25) is 0 Å². The number of carbonyl (C=O) groups excluding carboxylic acids is 1. The van der Waals surface area contributed by atoms with Crippen LogP contribution in [0.2, 0.25) is 0 Å². The SMILES string of the molecule is COc1cc(Br)ccc1C(=O)NCC1CCCN(C)C1. The maximum Gasteiger partial charge on any atom is 0.255 e. The topological polar surface area (TPSA) is 41.6 Å². The van der Waals surface area contributed by atoms with Gasteiger partial charge >= 0.3 is 0 Å². The second kappa shape index (κ2) is 7.09. The molecule has 0 aliphatic carbocycles. The van der Waals surface area contributed by atoms with Gasteiger partial charge in [0.05, 0.1) is 12.7 Å². The molecule has 2 rings (SSSR count). The van der Waals surface area contributed by atoms with Gasteiger partial charge in [0, 0.05) is 17.6 Å². The summed E-state index contributed by atoms with van der Waals surface area (Å²) in [6.45, 7) is 2.94. The molecule has 1 aromatic rings. The van der Waals surface area contributed by atoms with Crippen LogP contribution in [0.3, 0.4) is 0 Å². The molecule has 1 N–H and O–H groups in total. The predicted octanol–water partition coefficient (Wildman–Crippen LogP) is 2.53. The van der Waals surface area contributed by atoms with E-state index in [0.717, 1.165) is 24.1 Å². The smallest absolute Gasteiger partial charge is 0.255 e. The van der Waals surface area contributed by atoms with E-state index in [2.05, 4.69) is 33.2 Å². The molecule has 1 aliphatic rings. The molecule has 1 saturated heterocycles. The molecule has 1 fully saturated rings. The Balaban J connectivity index is 1.94. The second-order valence-corrected chi connectivity index (χ2v) is 6.24. The molecule has 0 spiro atoms. The standard InChI is InChI=1S/C15H21BrN2O2/c1-18-7-3-4-11(10-18)9-17-15(19)13-6-5-12(16)8-14(13)20-2/h5-6,8,11H,3-4,7,9-10H2,1-2H3,(H,17,19). The van der Waals surface area contributed by atoms with Crippen LogP contribution in [0.25, 0.3) is 0 Å². The fourth-order valence-electron chi connectivity index (χ4n) is 2.62. The summed E-state index contributed by atoms with van der Waals surface area (Å²) in [6.07, 6.45) is 2.39. The van der Waals surface area contributed by atoms with Crippen LogP contribution in [0.5, 0.6) is 5.75 Å². The highest BCUT2D eigenvalue weighted by Gasteiger charge is 2.19. The molecule has 5 heteroatoms. The quantitative estimate of drug-likeness (QED) is 0.915. The Morgan fingerprint density at radius 3 is 3.05 bits per heavy atom. The molecule has 0 bridgehead atoms. The Morgan fingerprint density at radius 1 is 1.55 bits per heavy atom. The molecule has 0 radical (unpaired) electrons. The van der Waals surface area contributed by atoms with Gasteiger partial charge in [-0.3, -0.25) is 4.79 Å². The lowest BCUT2D eigenvalue weighted by molar-refractivity contribution is 0.0934. The van der Waals surface area contributed by atoms with Crippen molar-refractivity contribution in [3.05, 3.63) is 28.2 Å². The van der Waals surface area contributed by atoms with E-state index < -0.39 is 0 Å². The molecule has 1 aromatic carbocycles. The number of methoxy groups -OCH3 is 1. The first-order chi connectivity index (χ1) is 9.60. The number of likely N-dealkylation sites (tertiary alicyclic amines) is 1. The number of nitrogens with zero attached hydrogens (tertiary/aromatic N) is 1. The Bertz CT molecular complexity index is 479. The van der Waals surface area contributed by atoms with Gasteiger partial charge in [-0.2, -0.15) is 0 Å². The number of benzene rings is 1. The number of rotatable bonds is 4. The summed E-state index contributed by atoms with van der Waals surface area (Å²) >= 11 is 3.38. The van der Waals surface area contributed by atoms with E-state index in [9.17, 15) is 4.79 Å².